The highest BCUT2D eigenvalue weighted by atomic mass is 16.5. The Kier molecular flexibility index (Phi) is 10.8. The molecule has 7 nitrogen and oxygen atoms in total. The molecular formula is C25H39N3O4. The Morgan fingerprint density at radius 1 is 1.00 bits per heavy atom. The van der Waals surface area contributed by atoms with Gasteiger partial charge in [0.15, 0.2) is 0 Å². The number of Topliss-reactive ketones (excluding diaryl/α,β-unsaturated/α-hetero) is 1. The van der Waals surface area contributed by atoms with Crippen LogP contribution in [-0.2, 0) is 14.4 Å². The lowest BCUT2D eigenvalue weighted by molar-refractivity contribution is -0.152. The second-order valence-corrected chi connectivity index (χ2v) is 9.60. The summed E-state index contributed by atoms with van der Waals surface area (Å²) in [5, 5.41) is 9.65. The normalized spacial score (nSPS) is 15.6. The minimum Gasteiger partial charge on any atom is -0.298 e. The fourth-order valence-corrected chi connectivity index (χ4v) is 4.51. The zero-order valence-electron chi connectivity index (χ0n) is 20.1. The number of hydroxylamine groups is 1. The lowest BCUT2D eigenvalue weighted by Crippen LogP contribution is -2.54. The number of nitrogens with one attached hydrogen (secondary N) is 2. The van der Waals surface area contributed by atoms with Crippen LogP contribution < -0.4 is 16.7 Å². The van der Waals surface area contributed by atoms with Gasteiger partial charge in [-0.05, 0) is 30.2 Å². The topological polar surface area (TPSA) is 122 Å². The van der Waals surface area contributed by atoms with E-state index in [1.165, 1.54) is 0 Å². The molecule has 5 N–H and O–H groups in total. The van der Waals surface area contributed by atoms with Crippen LogP contribution in [-0.4, -0.2) is 22.8 Å². The summed E-state index contributed by atoms with van der Waals surface area (Å²) in [7, 11) is 0. The van der Waals surface area contributed by atoms with E-state index in [1.54, 1.807) is 25.4 Å². The predicted octanol–water partition coefficient (Wildman–Crippen LogP) is 3.73. The van der Waals surface area contributed by atoms with E-state index in [-0.39, 0.29) is 17.6 Å². The monoisotopic (exact) mass is 445 g/mol. The zero-order chi connectivity index (χ0) is 24.5. The third-order valence-electron chi connectivity index (χ3n) is 5.66. The molecule has 0 fully saturated rings. The number of carbonyl (C=O) groups is 3. The number of rotatable bonds is 12. The number of nitrogens with two attached hydrogens (primary N) is 1. The molecule has 32 heavy (non-hydrogen) atoms. The van der Waals surface area contributed by atoms with Crippen LogP contribution in [0, 0.1) is 35.0 Å². The molecule has 0 aliphatic heterocycles. The number of hydrogen-bond acceptors (Lipinski definition) is 5. The maximum Gasteiger partial charge on any atom is 0.248 e. The van der Waals surface area contributed by atoms with Crippen molar-refractivity contribution in [1.82, 2.24) is 10.9 Å². The lowest BCUT2D eigenvalue weighted by atomic mass is 9.59. The average Bonchev–Trinajstić information content (AvgIpc) is 2.75. The maximum absolute atomic E-state index is 13.8. The van der Waals surface area contributed by atoms with Crippen molar-refractivity contribution in [3.05, 3.63) is 42.0 Å². The zero-order valence-corrected chi connectivity index (χ0v) is 20.1. The van der Waals surface area contributed by atoms with Gasteiger partial charge in [-0.25, -0.2) is 11.3 Å². The highest BCUT2D eigenvalue weighted by Gasteiger charge is 2.53. The van der Waals surface area contributed by atoms with Crippen molar-refractivity contribution in [3.63, 3.8) is 0 Å². The van der Waals surface area contributed by atoms with Crippen LogP contribution in [0.25, 0.3) is 6.08 Å². The van der Waals surface area contributed by atoms with E-state index in [0.29, 0.717) is 12.8 Å². The number of carbonyl (C=O) groups excluding carboxylic acids is 3. The molecule has 0 saturated carbocycles. The molecule has 0 spiro atoms. The smallest absolute Gasteiger partial charge is 0.248 e. The van der Waals surface area contributed by atoms with Gasteiger partial charge < -0.3 is 0 Å². The molecule has 7 heteroatoms. The number of ketones is 1. The molecule has 0 heterocycles. The molecule has 0 aliphatic rings. The Bertz CT molecular complexity index is 790. The standard InChI is InChI=1S/C25H39N3O4/c1-16(2)14-20(23(30)27-26)21(24(31)28-32)25(15-17(3)4,22(29)18(5)6)13-12-19-10-8-7-9-11-19/h7-13,16-18,20-21,32H,14-15,26H2,1-6H3,(H,27,30)(H,28,31)/b13-12+/t20-,21-,25?/m1/s1. The number of benzene rings is 1. The third-order valence-corrected chi connectivity index (χ3v) is 5.66. The average molecular weight is 446 g/mol. The van der Waals surface area contributed by atoms with Gasteiger partial charge in [0.1, 0.15) is 5.78 Å². The van der Waals surface area contributed by atoms with Gasteiger partial charge in [0.05, 0.1) is 17.3 Å². The molecule has 1 rings (SSSR count). The van der Waals surface area contributed by atoms with Crippen molar-refractivity contribution in [2.45, 2.75) is 54.4 Å². The molecular weight excluding hydrogens is 406 g/mol. The minimum atomic E-state index is -1.32. The highest BCUT2D eigenvalue weighted by molar-refractivity contribution is 5.97. The van der Waals surface area contributed by atoms with E-state index in [0.717, 1.165) is 5.56 Å². The second-order valence-electron chi connectivity index (χ2n) is 9.60. The number of hydrogen-bond donors (Lipinski definition) is 4. The molecule has 1 aromatic carbocycles. The molecule has 1 unspecified atom stereocenters. The van der Waals surface area contributed by atoms with Crippen molar-refractivity contribution in [2.24, 2.45) is 40.8 Å². The van der Waals surface area contributed by atoms with Gasteiger partial charge >= 0.3 is 0 Å². The van der Waals surface area contributed by atoms with Crippen LogP contribution in [0.1, 0.15) is 59.9 Å². The Balaban J connectivity index is 3.88. The molecule has 0 aromatic heterocycles. The summed E-state index contributed by atoms with van der Waals surface area (Å²) in [5.74, 6) is 1.64. The predicted molar refractivity (Wildman–Crippen MR) is 126 cm³/mol. The van der Waals surface area contributed by atoms with Crippen LogP contribution >= 0.6 is 0 Å². The fraction of sp³-hybridized carbons (Fsp3) is 0.560. The van der Waals surface area contributed by atoms with E-state index < -0.39 is 35.0 Å². The Morgan fingerprint density at radius 3 is 2.03 bits per heavy atom. The Labute approximate surface area is 191 Å². The lowest BCUT2D eigenvalue weighted by Gasteiger charge is -2.42. The van der Waals surface area contributed by atoms with E-state index in [2.05, 4.69) is 5.43 Å². The van der Waals surface area contributed by atoms with E-state index in [4.69, 9.17) is 5.84 Å². The number of hydrazine groups is 1. The molecule has 0 saturated heterocycles. The molecule has 0 radical (unpaired) electrons. The first-order valence-corrected chi connectivity index (χ1v) is 11.2. The van der Waals surface area contributed by atoms with Crippen LogP contribution in [0.3, 0.4) is 0 Å². The Hall–Kier alpha value is -2.51. The minimum absolute atomic E-state index is 0.0350. The highest BCUT2D eigenvalue weighted by Crippen LogP contribution is 2.45. The Morgan fingerprint density at radius 2 is 1.59 bits per heavy atom. The largest absolute Gasteiger partial charge is 0.298 e. The summed E-state index contributed by atoms with van der Waals surface area (Å²) < 4.78 is 0. The summed E-state index contributed by atoms with van der Waals surface area (Å²) in [6, 6.07) is 9.46. The summed E-state index contributed by atoms with van der Waals surface area (Å²) in [4.78, 5) is 39.8. The van der Waals surface area contributed by atoms with Crippen molar-refractivity contribution in [2.75, 3.05) is 0 Å². The molecule has 2 amide bonds. The van der Waals surface area contributed by atoms with Crippen LogP contribution in [0.2, 0.25) is 0 Å². The van der Waals surface area contributed by atoms with Crippen molar-refractivity contribution in [3.8, 4) is 0 Å². The quantitative estimate of drug-likeness (QED) is 0.169. The van der Waals surface area contributed by atoms with Gasteiger partial charge in [-0.15, -0.1) is 0 Å². The van der Waals surface area contributed by atoms with Crippen molar-refractivity contribution >= 4 is 23.7 Å². The SMILES string of the molecule is CC(C)C[C@@H](C(=O)NN)[C@H](C(=O)NO)C(/C=C/c1ccccc1)(CC(C)C)C(=O)C(C)C. The fourth-order valence-electron chi connectivity index (χ4n) is 4.51. The number of allylic oxidation sites excluding steroid dienone is 1. The summed E-state index contributed by atoms with van der Waals surface area (Å²) in [6.45, 7) is 11.3. The molecule has 0 aliphatic carbocycles. The van der Waals surface area contributed by atoms with E-state index in [9.17, 15) is 19.6 Å². The summed E-state index contributed by atoms with van der Waals surface area (Å²) in [5.41, 5.74) is 3.43. The van der Waals surface area contributed by atoms with Gasteiger partial charge in [0, 0.05) is 5.92 Å². The van der Waals surface area contributed by atoms with Crippen LogP contribution in [0.4, 0.5) is 0 Å². The van der Waals surface area contributed by atoms with Crippen molar-refractivity contribution in [1.29, 1.82) is 0 Å². The first-order valence-electron chi connectivity index (χ1n) is 11.2. The van der Waals surface area contributed by atoms with Gasteiger partial charge in [0.25, 0.3) is 0 Å². The summed E-state index contributed by atoms with van der Waals surface area (Å²) in [6.07, 6.45) is 4.22. The van der Waals surface area contributed by atoms with E-state index >= 15 is 0 Å². The molecule has 1 aromatic rings. The van der Waals surface area contributed by atoms with Gasteiger partial charge in [-0.3, -0.25) is 25.0 Å². The molecule has 0 bridgehead atoms. The van der Waals surface area contributed by atoms with Gasteiger partial charge in [-0.2, -0.15) is 0 Å². The van der Waals surface area contributed by atoms with Gasteiger partial charge in [-0.1, -0.05) is 84.0 Å². The molecule has 178 valence electrons. The molecule has 3 atom stereocenters. The van der Waals surface area contributed by atoms with Crippen molar-refractivity contribution < 1.29 is 19.6 Å². The third kappa shape index (κ3) is 7.00. The summed E-state index contributed by atoms with van der Waals surface area (Å²) >= 11 is 0. The van der Waals surface area contributed by atoms with Crippen LogP contribution in [0.15, 0.2) is 36.4 Å². The van der Waals surface area contributed by atoms with Gasteiger partial charge in [0.2, 0.25) is 11.8 Å². The van der Waals surface area contributed by atoms with Crippen LogP contribution in [0.5, 0.6) is 0 Å². The second kappa shape index (κ2) is 12.5. The first-order chi connectivity index (χ1) is 15.0. The maximum atomic E-state index is 13.8. The van der Waals surface area contributed by atoms with E-state index in [1.807, 2.05) is 64.1 Å². The number of amides is 2. The first kappa shape index (κ1) is 27.5.